The molecule has 11 heteroatoms. The molecule has 1 N–H and O–H groups in total. The van der Waals surface area contributed by atoms with Gasteiger partial charge in [0.25, 0.3) is 0 Å². The van der Waals surface area contributed by atoms with Crippen molar-refractivity contribution in [1.29, 1.82) is 0 Å². The Kier molecular flexibility index (Phi) is 6.32. The fourth-order valence-electron chi connectivity index (χ4n) is 2.33. The fourth-order valence-corrected chi connectivity index (χ4v) is 2.46. The molecule has 0 atom stereocenters. The van der Waals surface area contributed by atoms with Gasteiger partial charge in [-0.2, -0.15) is 18.0 Å². The van der Waals surface area contributed by atoms with E-state index in [1.807, 2.05) is 0 Å². The lowest BCUT2D eigenvalue weighted by Crippen LogP contribution is -2.31. The van der Waals surface area contributed by atoms with Crippen LogP contribution < -0.4 is 10.1 Å². The van der Waals surface area contributed by atoms with Crippen molar-refractivity contribution in [2.24, 2.45) is 0 Å². The van der Waals surface area contributed by atoms with Gasteiger partial charge in [-0.05, 0) is 41.6 Å². The average Bonchev–Trinajstić information content (AvgIpc) is 3.14. The number of halogens is 4. The molecule has 29 heavy (non-hydrogen) atoms. The highest BCUT2D eigenvalue weighted by Gasteiger charge is 2.30. The number of hydrogen-bond acceptors (Lipinski definition) is 5. The van der Waals surface area contributed by atoms with Crippen LogP contribution in [0.5, 0.6) is 5.75 Å². The SMILES string of the molecule is O=C(Cn1nnc(-c2cccc(C(F)(F)F)c2)n1)NCCOc1ccc(Cl)cc1. The topological polar surface area (TPSA) is 81.9 Å². The summed E-state index contributed by atoms with van der Waals surface area (Å²) in [5, 5.41) is 14.6. The second-order valence-corrected chi connectivity index (χ2v) is 6.31. The predicted molar refractivity (Wildman–Crippen MR) is 98.2 cm³/mol. The van der Waals surface area contributed by atoms with Gasteiger partial charge in [0.05, 0.1) is 12.1 Å². The monoisotopic (exact) mass is 425 g/mol. The number of ether oxygens (including phenoxy) is 1. The largest absolute Gasteiger partial charge is 0.492 e. The average molecular weight is 426 g/mol. The van der Waals surface area contributed by atoms with E-state index in [1.165, 1.54) is 12.1 Å². The maximum Gasteiger partial charge on any atom is 0.416 e. The Bertz CT molecular complexity index is 976. The third-order valence-electron chi connectivity index (χ3n) is 3.69. The van der Waals surface area contributed by atoms with Crippen LogP contribution in [0.4, 0.5) is 13.2 Å². The molecule has 0 aliphatic heterocycles. The minimum atomic E-state index is -4.47. The van der Waals surface area contributed by atoms with Gasteiger partial charge in [-0.25, -0.2) is 0 Å². The van der Waals surface area contributed by atoms with Crippen molar-refractivity contribution in [2.45, 2.75) is 12.7 Å². The zero-order valence-electron chi connectivity index (χ0n) is 14.9. The van der Waals surface area contributed by atoms with E-state index >= 15 is 0 Å². The van der Waals surface area contributed by atoms with Gasteiger partial charge in [-0.15, -0.1) is 10.2 Å². The molecule has 152 valence electrons. The van der Waals surface area contributed by atoms with Crippen molar-refractivity contribution in [3.05, 3.63) is 59.1 Å². The summed E-state index contributed by atoms with van der Waals surface area (Å²) in [6.45, 7) is 0.261. The van der Waals surface area contributed by atoms with Crippen molar-refractivity contribution < 1.29 is 22.7 Å². The first-order valence-corrected chi connectivity index (χ1v) is 8.79. The molecule has 0 fully saturated rings. The zero-order chi connectivity index (χ0) is 20.9. The highest BCUT2D eigenvalue weighted by Crippen LogP contribution is 2.31. The van der Waals surface area contributed by atoms with Gasteiger partial charge < -0.3 is 10.1 Å². The molecule has 0 saturated carbocycles. The molecule has 1 heterocycles. The molecule has 0 spiro atoms. The van der Waals surface area contributed by atoms with E-state index in [4.69, 9.17) is 16.3 Å². The van der Waals surface area contributed by atoms with Crippen LogP contribution in [0.25, 0.3) is 11.4 Å². The number of carbonyl (C=O) groups is 1. The van der Waals surface area contributed by atoms with E-state index < -0.39 is 17.6 Å². The normalized spacial score (nSPS) is 11.3. The van der Waals surface area contributed by atoms with E-state index in [0.29, 0.717) is 10.8 Å². The molecule has 0 aliphatic rings. The number of amides is 1. The van der Waals surface area contributed by atoms with Crippen molar-refractivity contribution in [2.75, 3.05) is 13.2 Å². The summed E-state index contributed by atoms with van der Waals surface area (Å²) >= 11 is 5.78. The first-order valence-electron chi connectivity index (χ1n) is 8.42. The quantitative estimate of drug-likeness (QED) is 0.588. The van der Waals surface area contributed by atoms with E-state index in [0.717, 1.165) is 16.9 Å². The molecule has 0 unspecified atom stereocenters. The Labute approximate surface area is 168 Å². The van der Waals surface area contributed by atoms with E-state index in [-0.39, 0.29) is 31.1 Å². The van der Waals surface area contributed by atoms with Gasteiger partial charge in [0, 0.05) is 10.6 Å². The molecule has 3 aromatic rings. The molecule has 0 saturated heterocycles. The summed E-state index contributed by atoms with van der Waals surface area (Å²) in [4.78, 5) is 12.9. The van der Waals surface area contributed by atoms with Gasteiger partial charge in [0.1, 0.15) is 18.9 Å². The second kappa shape index (κ2) is 8.91. The molecule has 7 nitrogen and oxygen atoms in total. The van der Waals surface area contributed by atoms with Crippen molar-refractivity contribution in [3.8, 4) is 17.1 Å². The Balaban J connectivity index is 1.49. The van der Waals surface area contributed by atoms with Gasteiger partial charge in [-0.3, -0.25) is 4.79 Å². The first kappa shape index (κ1) is 20.6. The van der Waals surface area contributed by atoms with Crippen LogP contribution in [0.3, 0.4) is 0 Å². The van der Waals surface area contributed by atoms with Gasteiger partial charge in [-0.1, -0.05) is 23.7 Å². The van der Waals surface area contributed by atoms with E-state index in [2.05, 4.69) is 20.7 Å². The highest BCUT2D eigenvalue weighted by atomic mass is 35.5. The molecule has 1 aromatic heterocycles. The lowest BCUT2D eigenvalue weighted by Gasteiger charge is -2.07. The predicted octanol–water partition coefficient (Wildman–Crippen LogP) is 3.21. The van der Waals surface area contributed by atoms with Crippen LogP contribution in [-0.4, -0.2) is 39.3 Å². The maximum absolute atomic E-state index is 12.8. The molecule has 0 bridgehead atoms. The van der Waals surface area contributed by atoms with E-state index in [9.17, 15) is 18.0 Å². The van der Waals surface area contributed by atoms with Crippen LogP contribution in [0.2, 0.25) is 5.02 Å². The summed E-state index contributed by atoms with van der Waals surface area (Å²) in [6.07, 6.45) is -4.47. The lowest BCUT2D eigenvalue weighted by atomic mass is 10.1. The number of hydrogen-bond donors (Lipinski definition) is 1. The van der Waals surface area contributed by atoms with Crippen LogP contribution in [0.15, 0.2) is 48.5 Å². The number of nitrogens with one attached hydrogen (secondary N) is 1. The summed E-state index contributed by atoms with van der Waals surface area (Å²) in [6, 6.07) is 11.4. The van der Waals surface area contributed by atoms with Crippen LogP contribution in [0.1, 0.15) is 5.56 Å². The third kappa shape index (κ3) is 5.92. The van der Waals surface area contributed by atoms with Crippen molar-refractivity contribution >= 4 is 17.5 Å². The lowest BCUT2D eigenvalue weighted by molar-refractivity contribution is -0.137. The maximum atomic E-state index is 12.8. The summed E-state index contributed by atoms with van der Waals surface area (Å²) in [5.74, 6) is 0.222. The van der Waals surface area contributed by atoms with Gasteiger partial charge in [0.2, 0.25) is 11.7 Å². The molecular formula is C18H15ClF3N5O2. The number of nitrogens with zero attached hydrogens (tertiary/aromatic N) is 4. The van der Waals surface area contributed by atoms with Crippen LogP contribution in [-0.2, 0) is 17.5 Å². The van der Waals surface area contributed by atoms with Crippen LogP contribution in [0, 0.1) is 0 Å². The molecule has 0 aliphatic carbocycles. The minimum absolute atomic E-state index is 0.00466. The van der Waals surface area contributed by atoms with Crippen LogP contribution >= 0.6 is 11.6 Å². The number of benzene rings is 2. The number of carbonyl (C=O) groups excluding carboxylic acids is 1. The molecular weight excluding hydrogens is 411 g/mol. The van der Waals surface area contributed by atoms with Gasteiger partial charge in [0.15, 0.2) is 0 Å². The Morgan fingerprint density at radius 2 is 1.93 bits per heavy atom. The smallest absolute Gasteiger partial charge is 0.416 e. The summed E-state index contributed by atoms with van der Waals surface area (Å²) < 4.78 is 43.9. The Hall–Kier alpha value is -3.14. The van der Waals surface area contributed by atoms with E-state index in [1.54, 1.807) is 24.3 Å². The number of alkyl halides is 3. The molecule has 0 radical (unpaired) electrons. The molecule has 3 rings (SSSR count). The third-order valence-corrected chi connectivity index (χ3v) is 3.94. The molecule has 2 aromatic carbocycles. The fraction of sp³-hybridized carbons (Fsp3) is 0.222. The summed E-state index contributed by atoms with van der Waals surface area (Å²) in [5.41, 5.74) is -0.660. The minimum Gasteiger partial charge on any atom is -0.492 e. The number of tetrazole rings is 1. The van der Waals surface area contributed by atoms with Gasteiger partial charge >= 0.3 is 6.18 Å². The molecule has 1 amide bonds. The second-order valence-electron chi connectivity index (χ2n) is 5.87. The Morgan fingerprint density at radius 1 is 1.17 bits per heavy atom. The standard InChI is InChI=1S/C18H15ClF3N5O2/c19-14-4-6-15(7-5-14)29-9-8-23-16(28)11-27-25-17(24-26-27)12-2-1-3-13(10-12)18(20,21)22/h1-7,10H,8-9,11H2,(H,23,28). The van der Waals surface area contributed by atoms with Crippen molar-refractivity contribution in [3.63, 3.8) is 0 Å². The zero-order valence-corrected chi connectivity index (χ0v) is 15.6. The number of rotatable bonds is 7. The van der Waals surface area contributed by atoms with Crippen molar-refractivity contribution in [1.82, 2.24) is 25.5 Å². The number of aromatic nitrogens is 4. The summed E-state index contributed by atoms with van der Waals surface area (Å²) in [7, 11) is 0. The highest BCUT2D eigenvalue weighted by molar-refractivity contribution is 6.30. The Morgan fingerprint density at radius 3 is 2.66 bits per heavy atom. The first-order chi connectivity index (χ1) is 13.8.